The molecule has 0 aliphatic rings. The highest BCUT2D eigenvalue weighted by atomic mass is 35.5. The molecule has 0 bridgehead atoms. The second-order valence-corrected chi connectivity index (χ2v) is 5.49. The minimum Gasteiger partial charge on any atom is -0.342 e. The van der Waals surface area contributed by atoms with Gasteiger partial charge in [0.2, 0.25) is 11.8 Å². The molecule has 2 atom stereocenters. The van der Waals surface area contributed by atoms with E-state index in [-0.39, 0.29) is 42.7 Å². The van der Waals surface area contributed by atoms with Crippen LogP contribution in [0.15, 0.2) is 30.3 Å². The fourth-order valence-corrected chi connectivity index (χ4v) is 2.42. The highest BCUT2D eigenvalue weighted by Gasteiger charge is 2.26. The van der Waals surface area contributed by atoms with E-state index < -0.39 is 0 Å². The van der Waals surface area contributed by atoms with Gasteiger partial charge in [0.05, 0.1) is 12.5 Å². The van der Waals surface area contributed by atoms with E-state index >= 15 is 0 Å². The Labute approximate surface area is 145 Å². The summed E-state index contributed by atoms with van der Waals surface area (Å²) in [5, 5.41) is 0. The molecule has 23 heavy (non-hydrogen) atoms. The molecule has 0 saturated heterocycles. The predicted octanol–water partition coefficient (Wildman–Crippen LogP) is 2.07. The van der Waals surface area contributed by atoms with E-state index in [9.17, 15) is 9.59 Å². The van der Waals surface area contributed by atoms with Crippen molar-refractivity contribution >= 4 is 24.2 Å². The molecule has 0 radical (unpaired) electrons. The highest BCUT2D eigenvalue weighted by molar-refractivity contribution is 5.86. The maximum atomic E-state index is 12.5. The standard InChI is InChI=1S/C17H27N3O2.ClH/c1-5-20(6-2)15(21)12-19(4)17(22)13(3)16(18)14-10-8-7-9-11-14;/h7-11,13,16H,5-6,12,18H2,1-4H3;1H. The molecule has 0 spiro atoms. The van der Waals surface area contributed by atoms with Gasteiger partial charge in [-0.15, -0.1) is 12.4 Å². The number of amides is 2. The number of halogens is 1. The number of benzene rings is 1. The first-order chi connectivity index (χ1) is 10.4. The van der Waals surface area contributed by atoms with E-state index in [1.54, 1.807) is 18.9 Å². The lowest BCUT2D eigenvalue weighted by atomic mass is 9.94. The lowest BCUT2D eigenvalue weighted by Gasteiger charge is -2.27. The van der Waals surface area contributed by atoms with E-state index in [4.69, 9.17) is 5.73 Å². The zero-order valence-electron chi connectivity index (χ0n) is 14.4. The summed E-state index contributed by atoms with van der Waals surface area (Å²) in [5.41, 5.74) is 7.10. The van der Waals surface area contributed by atoms with Gasteiger partial charge in [0, 0.05) is 26.2 Å². The third kappa shape index (κ3) is 5.84. The number of carbonyl (C=O) groups is 2. The van der Waals surface area contributed by atoms with E-state index in [1.807, 2.05) is 44.2 Å². The molecular weight excluding hydrogens is 314 g/mol. The Morgan fingerprint density at radius 1 is 1.13 bits per heavy atom. The molecular formula is C17H28ClN3O2. The zero-order chi connectivity index (χ0) is 16.7. The van der Waals surface area contributed by atoms with Crippen molar-refractivity contribution < 1.29 is 9.59 Å². The van der Waals surface area contributed by atoms with Crippen molar-refractivity contribution in [3.05, 3.63) is 35.9 Å². The van der Waals surface area contributed by atoms with Gasteiger partial charge in [-0.05, 0) is 19.4 Å². The first kappa shape index (κ1) is 21.4. The average molecular weight is 342 g/mol. The number of likely N-dealkylation sites (N-methyl/N-ethyl adjacent to an activating group) is 2. The average Bonchev–Trinajstić information content (AvgIpc) is 2.54. The second-order valence-electron chi connectivity index (χ2n) is 5.49. The molecule has 130 valence electrons. The number of nitrogens with zero attached hydrogens (tertiary/aromatic N) is 2. The van der Waals surface area contributed by atoms with E-state index in [2.05, 4.69) is 0 Å². The van der Waals surface area contributed by atoms with Crippen LogP contribution >= 0.6 is 12.4 Å². The van der Waals surface area contributed by atoms with Crippen LogP contribution < -0.4 is 5.73 Å². The van der Waals surface area contributed by atoms with Crippen molar-refractivity contribution in [3.63, 3.8) is 0 Å². The molecule has 0 aromatic heterocycles. The molecule has 1 rings (SSSR count). The minimum atomic E-state index is -0.378. The molecule has 1 aromatic carbocycles. The molecule has 1 aromatic rings. The van der Waals surface area contributed by atoms with Crippen LogP contribution in [0.3, 0.4) is 0 Å². The summed E-state index contributed by atoms with van der Waals surface area (Å²) >= 11 is 0. The maximum Gasteiger partial charge on any atom is 0.242 e. The van der Waals surface area contributed by atoms with Crippen molar-refractivity contribution in [3.8, 4) is 0 Å². The normalized spacial score (nSPS) is 12.7. The van der Waals surface area contributed by atoms with Gasteiger partial charge in [-0.1, -0.05) is 37.3 Å². The summed E-state index contributed by atoms with van der Waals surface area (Å²) in [4.78, 5) is 27.7. The Morgan fingerprint density at radius 2 is 1.65 bits per heavy atom. The van der Waals surface area contributed by atoms with E-state index in [1.165, 1.54) is 4.90 Å². The van der Waals surface area contributed by atoms with Gasteiger partial charge in [0.1, 0.15) is 0 Å². The summed E-state index contributed by atoms with van der Waals surface area (Å²) < 4.78 is 0. The number of nitrogens with two attached hydrogens (primary N) is 1. The molecule has 6 heteroatoms. The third-order valence-electron chi connectivity index (χ3n) is 3.98. The fraction of sp³-hybridized carbons (Fsp3) is 0.529. The third-order valence-corrected chi connectivity index (χ3v) is 3.98. The number of carbonyl (C=O) groups excluding carboxylic acids is 2. The van der Waals surface area contributed by atoms with Crippen LogP contribution in [0, 0.1) is 5.92 Å². The van der Waals surface area contributed by atoms with Gasteiger partial charge >= 0.3 is 0 Å². The quantitative estimate of drug-likeness (QED) is 0.825. The Hall–Kier alpha value is -1.59. The first-order valence-electron chi connectivity index (χ1n) is 7.75. The van der Waals surface area contributed by atoms with Gasteiger partial charge in [0.25, 0.3) is 0 Å². The smallest absolute Gasteiger partial charge is 0.242 e. The first-order valence-corrected chi connectivity index (χ1v) is 7.75. The molecule has 0 aliphatic carbocycles. The van der Waals surface area contributed by atoms with Crippen molar-refractivity contribution in [1.29, 1.82) is 0 Å². The number of hydrogen-bond acceptors (Lipinski definition) is 3. The van der Waals surface area contributed by atoms with Crippen molar-refractivity contribution in [2.24, 2.45) is 11.7 Å². The maximum absolute atomic E-state index is 12.5. The fourth-order valence-electron chi connectivity index (χ4n) is 2.42. The Bertz CT molecular complexity index is 492. The summed E-state index contributed by atoms with van der Waals surface area (Å²) in [6.45, 7) is 7.05. The van der Waals surface area contributed by atoms with Gasteiger partial charge in [-0.2, -0.15) is 0 Å². The molecule has 2 amide bonds. The van der Waals surface area contributed by atoms with Crippen LogP contribution in [0.1, 0.15) is 32.4 Å². The lowest BCUT2D eigenvalue weighted by Crippen LogP contribution is -2.44. The largest absolute Gasteiger partial charge is 0.342 e. The van der Waals surface area contributed by atoms with Crippen LogP contribution in [0.2, 0.25) is 0 Å². The monoisotopic (exact) mass is 341 g/mol. The Kier molecular flexibility index (Phi) is 9.53. The van der Waals surface area contributed by atoms with Gasteiger partial charge in [-0.25, -0.2) is 0 Å². The zero-order valence-corrected chi connectivity index (χ0v) is 15.2. The molecule has 0 fully saturated rings. The molecule has 2 N–H and O–H groups in total. The van der Waals surface area contributed by atoms with Crippen molar-refractivity contribution in [2.75, 3.05) is 26.7 Å². The van der Waals surface area contributed by atoms with Crippen LogP contribution in [0.5, 0.6) is 0 Å². The molecule has 5 nitrogen and oxygen atoms in total. The summed E-state index contributed by atoms with van der Waals surface area (Å²) in [6, 6.07) is 9.17. The van der Waals surface area contributed by atoms with Gasteiger partial charge < -0.3 is 15.5 Å². The van der Waals surface area contributed by atoms with Crippen LogP contribution in [-0.2, 0) is 9.59 Å². The highest BCUT2D eigenvalue weighted by Crippen LogP contribution is 2.20. The van der Waals surface area contributed by atoms with Crippen LogP contribution in [-0.4, -0.2) is 48.3 Å². The summed E-state index contributed by atoms with van der Waals surface area (Å²) in [6.07, 6.45) is 0. The summed E-state index contributed by atoms with van der Waals surface area (Å²) in [5.74, 6) is -0.532. The van der Waals surface area contributed by atoms with Gasteiger partial charge in [-0.3, -0.25) is 9.59 Å². The number of hydrogen-bond donors (Lipinski definition) is 1. The van der Waals surface area contributed by atoms with Crippen LogP contribution in [0.25, 0.3) is 0 Å². The topological polar surface area (TPSA) is 66.6 Å². The van der Waals surface area contributed by atoms with Crippen molar-refractivity contribution in [2.45, 2.75) is 26.8 Å². The Morgan fingerprint density at radius 3 is 2.13 bits per heavy atom. The SMILES string of the molecule is CCN(CC)C(=O)CN(C)C(=O)C(C)C(N)c1ccccc1.Cl. The van der Waals surface area contributed by atoms with Gasteiger partial charge in [0.15, 0.2) is 0 Å². The second kappa shape index (κ2) is 10.2. The number of rotatable bonds is 7. The molecule has 0 aliphatic heterocycles. The predicted molar refractivity (Wildman–Crippen MR) is 95.3 cm³/mol. The minimum absolute atomic E-state index is 0. The summed E-state index contributed by atoms with van der Waals surface area (Å²) in [7, 11) is 1.65. The van der Waals surface area contributed by atoms with E-state index in [0.717, 1.165) is 5.56 Å². The molecule has 0 saturated carbocycles. The lowest BCUT2D eigenvalue weighted by molar-refractivity contribution is -0.141. The van der Waals surface area contributed by atoms with E-state index in [0.29, 0.717) is 13.1 Å². The molecule has 0 heterocycles. The Balaban J connectivity index is 0.00000484. The van der Waals surface area contributed by atoms with Crippen LogP contribution in [0.4, 0.5) is 0 Å². The molecule has 2 unspecified atom stereocenters. The van der Waals surface area contributed by atoms with Crippen molar-refractivity contribution in [1.82, 2.24) is 9.80 Å².